The van der Waals surface area contributed by atoms with Crippen LogP contribution in [0.25, 0.3) is 10.9 Å². The number of piperazine rings is 1. The van der Waals surface area contributed by atoms with Crippen LogP contribution < -0.4 is 20.9 Å². The lowest BCUT2D eigenvalue weighted by atomic mass is 10.1. The molecular formula is C29H35N9O2. The number of fused-ring (bicyclic) bond motifs is 1. The maximum Gasteiger partial charge on any atom is 0.256 e. The normalized spacial score (nSPS) is 14.2. The van der Waals surface area contributed by atoms with Gasteiger partial charge < -0.3 is 35.8 Å². The highest BCUT2D eigenvalue weighted by molar-refractivity contribution is 5.99. The second kappa shape index (κ2) is 11.3. The number of pyridine rings is 1. The average Bonchev–Trinajstić information content (AvgIpc) is 3.35. The summed E-state index contributed by atoms with van der Waals surface area (Å²) in [6, 6.07) is 11.4. The van der Waals surface area contributed by atoms with Gasteiger partial charge in [-0.15, -0.1) is 6.58 Å². The number of aliphatic hydroxyl groups is 1. The zero-order valence-corrected chi connectivity index (χ0v) is 23.0. The number of aromatic nitrogens is 4. The Labute approximate surface area is 233 Å². The molecule has 5 N–H and O–H groups in total. The minimum absolute atomic E-state index is 0.250. The molecule has 1 aliphatic heterocycles. The molecule has 1 amide bonds. The van der Waals surface area contributed by atoms with Crippen LogP contribution in [0.4, 0.5) is 29.0 Å². The fourth-order valence-electron chi connectivity index (χ4n) is 4.56. The maximum absolute atomic E-state index is 12.8. The van der Waals surface area contributed by atoms with E-state index < -0.39 is 5.60 Å². The molecule has 3 aromatic heterocycles. The third kappa shape index (κ3) is 6.05. The van der Waals surface area contributed by atoms with Crippen molar-refractivity contribution >= 4 is 45.8 Å². The summed E-state index contributed by atoms with van der Waals surface area (Å²) < 4.78 is 0. The smallest absolute Gasteiger partial charge is 0.256 e. The van der Waals surface area contributed by atoms with Crippen molar-refractivity contribution in [2.24, 2.45) is 0 Å². The van der Waals surface area contributed by atoms with Crippen LogP contribution in [0.2, 0.25) is 0 Å². The van der Waals surface area contributed by atoms with Gasteiger partial charge in [-0.1, -0.05) is 12.1 Å². The quantitative estimate of drug-likeness (QED) is 0.201. The number of hydrogen-bond donors (Lipinski definition) is 5. The molecular weight excluding hydrogens is 506 g/mol. The Bertz CT molecular complexity index is 1520. The summed E-state index contributed by atoms with van der Waals surface area (Å²) in [7, 11) is 2.15. The van der Waals surface area contributed by atoms with E-state index in [-0.39, 0.29) is 17.3 Å². The minimum atomic E-state index is -1.12. The van der Waals surface area contributed by atoms with Crippen LogP contribution in [0.3, 0.4) is 0 Å². The predicted octanol–water partition coefficient (Wildman–Crippen LogP) is 3.74. The molecule has 11 heteroatoms. The molecule has 0 aliphatic carbocycles. The molecule has 0 bridgehead atoms. The molecule has 4 aromatic rings. The van der Waals surface area contributed by atoms with E-state index in [1.54, 1.807) is 38.1 Å². The van der Waals surface area contributed by atoms with Gasteiger partial charge in [0, 0.05) is 61.7 Å². The van der Waals surface area contributed by atoms with Gasteiger partial charge in [0.1, 0.15) is 22.8 Å². The van der Waals surface area contributed by atoms with Crippen molar-refractivity contribution in [3.8, 4) is 0 Å². The Morgan fingerprint density at radius 3 is 2.70 bits per heavy atom. The summed E-state index contributed by atoms with van der Waals surface area (Å²) in [5, 5.41) is 20.7. The molecule has 0 unspecified atom stereocenters. The van der Waals surface area contributed by atoms with Gasteiger partial charge in [-0.3, -0.25) is 4.79 Å². The van der Waals surface area contributed by atoms with Crippen LogP contribution in [0.15, 0.2) is 61.4 Å². The minimum Gasteiger partial charge on any atom is -0.384 e. The molecule has 0 radical (unpaired) electrons. The third-order valence-electron chi connectivity index (χ3n) is 6.82. The first-order valence-electron chi connectivity index (χ1n) is 13.3. The number of nitrogens with one attached hydrogen (secondary N) is 4. The number of likely N-dealkylation sites (N-methyl/N-ethyl adjacent to an activating group) is 1. The van der Waals surface area contributed by atoms with Gasteiger partial charge in [0.25, 0.3) is 5.91 Å². The topological polar surface area (TPSA) is 134 Å². The molecule has 4 heterocycles. The number of anilines is 5. The van der Waals surface area contributed by atoms with Crippen molar-refractivity contribution in [1.82, 2.24) is 30.2 Å². The Morgan fingerprint density at radius 2 is 1.95 bits per heavy atom. The summed E-state index contributed by atoms with van der Waals surface area (Å²) in [4.78, 5) is 34.5. The van der Waals surface area contributed by atoms with Gasteiger partial charge in [0.05, 0.1) is 11.4 Å². The van der Waals surface area contributed by atoms with Gasteiger partial charge in [0.2, 0.25) is 5.95 Å². The molecule has 1 aromatic carbocycles. The standard InChI is InChI=1S/C29H35N9O2/c1-5-11-30-27(39)21-17-32-28(36-26(21)35-25-8-6-7-24(34-25)29(2,3)40)33-19-9-10-20-22(16-19)31-18-23(20)38-14-12-37(4)13-15-38/h5-10,16-18,31,40H,1,11-15H2,2-4H3,(H,30,39)(H2,32,33,34,35,36). The summed E-state index contributed by atoms with van der Waals surface area (Å²) in [5.74, 6) is 0.674. The van der Waals surface area contributed by atoms with Gasteiger partial charge >= 0.3 is 0 Å². The van der Waals surface area contributed by atoms with E-state index in [2.05, 4.69) is 71.6 Å². The molecule has 1 fully saturated rings. The van der Waals surface area contributed by atoms with Crippen LogP contribution in [-0.4, -0.2) is 75.6 Å². The van der Waals surface area contributed by atoms with Crippen LogP contribution >= 0.6 is 0 Å². The van der Waals surface area contributed by atoms with Gasteiger partial charge in [-0.05, 0) is 51.2 Å². The van der Waals surface area contributed by atoms with E-state index in [9.17, 15) is 9.90 Å². The first kappa shape index (κ1) is 27.1. The molecule has 1 aliphatic rings. The second-order valence-electron chi connectivity index (χ2n) is 10.4. The van der Waals surface area contributed by atoms with Crippen molar-refractivity contribution in [3.63, 3.8) is 0 Å². The molecule has 0 spiro atoms. The Balaban J connectivity index is 1.41. The van der Waals surface area contributed by atoms with Gasteiger partial charge in [0.15, 0.2) is 0 Å². The van der Waals surface area contributed by atoms with Crippen molar-refractivity contribution in [1.29, 1.82) is 0 Å². The van der Waals surface area contributed by atoms with Gasteiger partial charge in [-0.25, -0.2) is 9.97 Å². The van der Waals surface area contributed by atoms with Crippen molar-refractivity contribution in [2.45, 2.75) is 19.4 Å². The molecule has 208 valence electrons. The number of nitrogens with zero attached hydrogens (tertiary/aromatic N) is 5. The molecule has 0 atom stereocenters. The van der Waals surface area contributed by atoms with Crippen LogP contribution in [0.5, 0.6) is 0 Å². The summed E-state index contributed by atoms with van der Waals surface area (Å²) in [6.45, 7) is 11.3. The van der Waals surface area contributed by atoms with E-state index in [4.69, 9.17) is 0 Å². The predicted molar refractivity (Wildman–Crippen MR) is 159 cm³/mol. The Morgan fingerprint density at radius 1 is 1.15 bits per heavy atom. The van der Waals surface area contributed by atoms with Crippen molar-refractivity contribution in [2.75, 3.05) is 55.3 Å². The van der Waals surface area contributed by atoms with Crippen LogP contribution in [0.1, 0.15) is 29.9 Å². The lowest BCUT2D eigenvalue weighted by Crippen LogP contribution is -2.44. The van der Waals surface area contributed by atoms with E-state index >= 15 is 0 Å². The lowest BCUT2D eigenvalue weighted by molar-refractivity contribution is 0.0740. The zero-order valence-electron chi connectivity index (χ0n) is 23.0. The molecule has 0 saturated carbocycles. The SMILES string of the molecule is C=CCNC(=O)c1cnc(Nc2ccc3c(N4CCN(C)CC4)c[nH]c3c2)nc1Nc1cccc(C(C)(C)O)n1. The highest BCUT2D eigenvalue weighted by Crippen LogP contribution is 2.30. The van der Waals surface area contributed by atoms with Crippen molar-refractivity contribution < 1.29 is 9.90 Å². The number of rotatable bonds is 9. The number of H-pyrrole nitrogens is 1. The monoisotopic (exact) mass is 541 g/mol. The number of benzene rings is 1. The second-order valence-corrected chi connectivity index (χ2v) is 10.4. The largest absolute Gasteiger partial charge is 0.384 e. The van der Waals surface area contributed by atoms with Gasteiger partial charge in [-0.2, -0.15) is 4.98 Å². The average molecular weight is 542 g/mol. The van der Waals surface area contributed by atoms with Crippen molar-refractivity contribution in [3.05, 3.63) is 72.7 Å². The van der Waals surface area contributed by atoms with E-state index in [1.165, 1.54) is 11.9 Å². The Kier molecular flexibility index (Phi) is 7.67. The number of aromatic amines is 1. The number of hydrogen-bond acceptors (Lipinski definition) is 9. The molecule has 40 heavy (non-hydrogen) atoms. The summed E-state index contributed by atoms with van der Waals surface area (Å²) in [6.07, 6.45) is 5.13. The highest BCUT2D eigenvalue weighted by Gasteiger charge is 2.20. The summed E-state index contributed by atoms with van der Waals surface area (Å²) in [5.41, 5.74) is 2.62. The fourth-order valence-corrected chi connectivity index (χ4v) is 4.56. The summed E-state index contributed by atoms with van der Waals surface area (Å²) >= 11 is 0. The lowest BCUT2D eigenvalue weighted by Gasteiger charge is -2.33. The van der Waals surface area contributed by atoms with E-state index in [0.717, 1.165) is 42.8 Å². The first-order valence-corrected chi connectivity index (χ1v) is 13.3. The number of carbonyl (C=O) groups excluding carboxylic acids is 1. The number of carbonyl (C=O) groups is 1. The molecule has 5 rings (SSSR count). The highest BCUT2D eigenvalue weighted by atomic mass is 16.3. The molecule has 11 nitrogen and oxygen atoms in total. The van der Waals surface area contributed by atoms with E-state index in [1.807, 2.05) is 12.1 Å². The third-order valence-corrected chi connectivity index (χ3v) is 6.82. The first-order chi connectivity index (χ1) is 19.2. The van der Waals surface area contributed by atoms with Crippen LogP contribution in [-0.2, 0) is 5.60 Å². The number of amides is 1. The van der Waals surface area contributed by atoms with Crippen LogP contribution in [0, 0.1) is 0 Å². The Hall–Kier alpha value is -4.48. The molecule has 1 saturated heterocycles. The maximum atomic E-state index is 12.8. The fraction of sp³-hybridized carbons (Fsp3) is 0.310. The van der Waals surface area contributed by atoms with E-state index in [0.29, 0.717) is 24.0 Å². The zero-order chi connectivity index (χ0) is 28.3.